The van der Waals surface area contributed by atoms with Crippen LogP contribution in [0.2, 0.25) is 0 Å². The van der Waals surface area contributed by atoms with E-state index in [1.54, 1.807) is 0 Å². The van der Waals surface area contributed by atoms with Gasteiger partial charge in [0.25, 0.3) is 0 Å². The van der Waals surface area contributed by atoms with Crippen molar-refractivity contribution in [2.45, 2.75) is 134 Å². The van der Waals surface area contributed by atoms with E-state index in [1.807, 2.05) is 0 Å². The Morgan fingerprint density at radius 2 is 1.12 bits per heavy atom. The molecule has 0 radical (unpaired) electrons. The van der Waals surface area contributed by atoms with Crippen LogP contribution in [0.1, 0.15) is 128 Å². The van der Waals surface area contributed by atoms with Crippen LogP contribution in [-0.2, 0) is 44.1 Å². The van der Waals surface area contributed by atoms with E-state index in [0.717, 1.165) is 41.1 Å². The third kappa shape index (κ3) is 18.1. The summed E-state index contributed by atoms with van der Waals surface area (Å²) in [6.45, 7) is 4.51. The van der Waals surface area contributed by atoms with Crippen LogP contribution in [0.15, 0.2) is 23.1 Å². The standard InChI is InChI=1S/C26H47O2PS2.Zn/c1-3-5-7-9-11-13-15-17-19-24-21-22-25(26(23-24)31-29(27,28)30)20-18-16-14-12-10-8-6-4-2;/h21-23H,3-20H2,1-2H3,(H2,27,28,30);/q;+2/p-2. The minimum atomic E-state index is -3.80. The Hall–Kier alpha value is 0.763. The smallest absolute Gasteiger partial charge is 0.824 e. The fourth-order valence-corrected chi connectivity index (χ4v) is 6.77. The molecule has 0 saturated heterocycles. The van der Waals surface area contributed by atoms with Crippen molar-refractivity contribution in [2.75, 3.05) is 0 Å². The Labute approximate surface area is 220 Å². The fraction of sp³-hybridized carbons (Fsp3) is 0.769. The zero-order valence-electron chi connectivity index (χ0n) is 20.7. The van der Waals surface area contributed by atoms with E-state index in [1.165, 1.54) is 102 Å². The molecule has 0 amide bonds. The van der Waals surface area contributed by atoms with E-state index >= 15 is 0 Å². The van der Waals surface area contributed by atoms with Gasteiger partial charge >= 0.3 is 19.5 Å². The summed E-state index contributed by atoms with van der Waals surface area (Å²) < 4.78 is 0. The van der Waals surface area contributed by atoms with Crippen LogP contribution in [0.4, 0.5) is 0 Å². The first-order valence-electron chi connectivity index (χ1n) is 12.8. The zero-order valence-corrected chi connectivity index (χ0v) is 26.2. The minimum absolute atomic E-state index is 0. The molecule has 0 aliphatic rings. The molecule has 0 unspecified atom stereocenters. The van der Waals surface area contributed by atoms with Gasteiger partial charge in [0.2, 0.25) is 0 Å². The van der Waals surface area contributed by atoms with Crippen molar-refractivity contribution in [3.63, 3.8) is 0 Å². The topological polar surface area (TPSA) is 46.1 Å². The molecule has 0 fully saturated rings. The van der Waals surface area contributed by atoms with Gasteiger partial charge in [-0.2, -0.15) is 5.69 Å². The SMILES string of the molecule is CCCCCCCCCCc1ccc(CCCCCCCCCC)c(SP([O-])([O-])=S)c1.[Zn+2]. The molecule has 0 bridgehead atoms. The molecule has 0 N–H and O–H groups in total. The number of hydrogen-bond donors (Lipinski definition) is 0. The van der Waals surface area contributed by atoms with Gasteiger partial charge in [0.15, 0.2) is 0 Å². The Balaban J connectivity index is 0.00000961. The van der Waals surface area contributed by atoms with E-state index < -0.39 is 5.69 Å². The second-order valence-corrected chi connectivity index (χ2v) is 14.6. The van der Waals surface area contributed by atoms with E-state index in [9.17, 15) is 9.79 Å². The molecule has 0 heterocycles. The van der Waals surface area contributed by atoms with Gasteiger partial charge in [-0.25, -0.2) is 0 Å². The molecule has 6 heteroatoms. The average Bonchev–Trinajstić information content (AvgIpc) is 2.72. The molecule has 0 aliphatic carbocycles. The molecule has 1 rings (SSSR count). The second-order valence-electron chi connectivity index (χ2n) is 8.93. The first kappa shape index (κ1) is 32.8. The summed E-state index contributed by atoms with van der Waals surface area (Å²) in [4.78, 5) is 24.4. The van der Waals surface area contributed by atoms with E-state index in [4.69, 9.17) is 11.8 Å². The van der Waals surface area contributed by atoms with Crippen LogP contribution in [0, 0.1) is 0 Å². The van der Waals surface area contributed by atoms with Gasteiger partial charge in [-0.15, -0.1) is 23.2 Å². The Morgan fingerprint density at radius 1 is 0.688 bits per heavy atom. The third-order valence-corrected chi connectivity index (χ3v) is 8.69. The number of hydrogen-bond acceptors (Lipinski definition) is 4. The van der Waals surface area contributed by atoms with Crippen LogP contribution < -0.4 is 9.79 Å². The van der Waals surface area contributed by atoms with Crippen molar-refractivity contribution >= 4 is 28.9 Å². The number of aryl methyl sites for hydroxylation is 2. The van der Waals surface area contributed by atoms with Gasteiger partial charge in [0.1, 0.15) is 0 Å². The van der Waals surface area contributed by atoms with Crippen molar-refractivity contribution in [3.05, 3.63) is 29.3 Å². The van der Waals surface area contributed by atoms with Crippen molar-refractivity contribution in [1.82, 2.24) is 0 Å². The molecule has 0 atom stereocenters. The molecule has 0 saturated carbocycles. The summed E-state index contributed by atoms with van der Waals surface area (Å²) in [5.74, 6) is 0. The van der Waals surface area contributed by atoms with E-state index in [0.29, 0.717) is 0 Å². The molecule has 2 nitrogen and oxygen atoms in total. The quantitative estimate of drug-likeness (QED) is 0.0936. The molecule has 1 aromatic rings. The van der Waals surface area contributed by atoms with Crippen LogP contribution in [0.3, 0.4) is 0 Å². The van der Waals surface area contributed by atoms with Gasteiger partial charge in [0.05, 0.1) is 0 Å². The van der Waals surface area contributed by atoms with Crippen molar-refractivity contribution in [3.8, 4) is 0 Å². The third-order valence-electron chi connectivity index (χ3n) is 5.96. The van der Waals surface area contributed by atoms with Crippen molar-refractivity contribution in [2.24, 2.45) is 0 Å². The number of unbranched alkanes of at least 4 members (excludes halogenated alkanes) is 14. The van der Waals surface area contributed by atoms with Gasteiger partial charge < -0.3 is 9.79 Å². The second kappa shape index (κ2) is 21.1. The number of benzene rings is 1. The predicted octanol–water partition coefficient (Wildman–Crippen LogP) is 8.09. The van der Waals surface area contributed by atoms with Crippen LogP contribution in [0.5, 0.6) is 0 Å². The number of rotatable bonds is 20. The van der Waals surface area contributed by atoms with Crippen LogP contribution >= 0.6 is 17.1 Å². The Kier molecular flexibility index (Phi) is 21.6. The zero-order chi connectivity index (χ0) is 22.8. The van der Waals surface area contributed by atoms with E-state index in [-0.39, 0.29) is 19.5 Å². The summed E-state index contributed by atoms with van der Waals surface area (Å²) in [7, 11) is 0. The maximum atomic E-state index is 11.8. The predicted molar refractivity (Wildman–Crippen MR) is 139 cm³/mol. The first-order valence-corrected chi connectivity index (χ1v) is 16.9. The normalized spacial score (nSPS) is 11.5. The van der Waals surface area contributed by atoms with Crippen molar-refractivity contribution in [1.29, 1.82) is 0 Å². The summed E-state index contributed by atoms with van der Waals surface area (Å²) in [6, 6.07) is 6.43. The molecule has 1 aromatic carbocycles. The van der Waals surface area contributed by atoms with Gasteiger partial charge in [-0.05, 0) is 42.9 Å². The van der Waals surface area contributed by atoms with E-state index in [2.05, 4.69) is 32.0 Å². The largest absolute Gasteiger partial charge is 2.00 e. The molecule has 180 valence electrons. The van der Waals surface area contributed by atoms with Gasteiger partial charge in [-0.3, -0.25) is 0 Å². The fourth-order valence-electron chi connectivity index (χ4n) is 4.08. The molecule has 0 aromatic heterocycles. The summed E-state index contributed by atoms with van der Waals surface area (Å²) in [6.07, 6.45) is 22.7. The summed E-state index contributed by atoms with van der Waals surface area (Å²) >= 11 is 5.59. The average molecular weight is 550 g/mol. The molecule has 0 aliphatic heterocycles. The summed E-state index contributed by atoms with van der Waals surface area (Å²) in [5.41, 5.74) is -1.40. The maximum absolute atomic E-state index is 11.8. The van der Waals surface area contributed by atoms with Crippen LogP contribution in [0.25, 0.3) is 0 Å². The molecular weight excluding hydrogens is 505 g/mol. The molecular formula is C26H45O2PS2Zn. The van der Waals surface area contributed by atoms with Gasteiger partial charge in [0, 0.05) is 4.90 Å². The molecule has 0 spiro atoms. The van der Waals surface area contributed by atoms with Gasteiger partial charge in [-0.1, -0.05) is 116 Å². The Bertz CT molecular complexity index is 622. The minimum Gasteiger partial charge on any atom is -0.824 e. The van der Waals surface area contributed by atoms with Crippen molar-refractivity contribution < 1.29 is 29.3 Å². The maximum Gasteiger partial charge on any atom is 2.00 e. The summed E-state index contributed by atoms with van der Waals surface area (Å²) in [5, 5.41) is 0. The molecule has 32 heavy (non-hydrogen) atoms. The van der Waals surface area contributed by atoms with Crippen LogP contribution in [-0.4, -0.2) is 0 Å². The Morgan fingerprint density at radius 3 is 1.59 bits per heavy atom. The first-order chi connectivity index (χ1) is 15.0. The monoisotopic (exact) mass is 548 g/mol.